The van der Waals surface area contributed by atoms with Gasteiger partial charge in [-0.1, -0.05) is 0 Å². The molecule has 0 bridgehead atoms. The highest BCUT2D eigenvalue weighted by Crippen LogP contribution is 2.33. The van der Waals surface area contributed by atoms with Crippen molar-refractivity contribution in [3.8, 4) is 5.75 Å². The number of hydrogen-bond acceptors (Lipinski definition) is 3. The van der Waals surface area contributed by atoms with Crippen molar-refractivity contribution in [1.82, 2.24) is 9.55 Å². The van der Waals surface area contributed by atoms with Crippen LogP contribution < -0.4 is 10.4 Å². The van der Waals surface area contributed by atoms with Crippen LogP contribution in [0.15, 0.2) is 23.0 Å². The molecule has 2 rings (SSSR count). The summed E-state index contributed by atoms with van der Waals surface area (Å²) in [5.41, 5.74) is -2.01. The molecule has 1 aromatic carbocycles. The summed E-state index contributed by atoms with van der Waals surface area (Å²) >= 11 is 0. The maximum Gasteiger partial charge on any atom is 0.434 e. The van der Waals surface area contributed by atoms with Crippen LogP contribution in [0.4, 0.5) is 13.2 Å². The normalized spacial score (nSPS) is 11.8. The van der Waals surface area contributed by atoms with Crippen molar-refractivity contribution in [3.63, 3.8) is 0 Å². The summed E-state index contributed by atoms with van der Waals surface area (Å²) in [4.78, 5) is 14.5. The molecular formula is C11H9F3N2O2. The van der Waals surface area contributed by atoms with Crippen LogP contribution in [-0.4, -0.2) is 16.7 Å². The average Bonchev–Trinajstić information content (AvgIpc) is 2.31. The molecule has 2 aromatic rings. The van der Waals surface area contributed by atoms with Gasteiger partial charge in [-0.2, -0.15) is 18.2 Å². The van der Waals surface area contributed by atoms with Crippen LogP contribution in [0.5, 0.6) is 5.75 Å². The van der Waals surface area contributed by atoms with E-state index < -0.39 is 17.6 Å². The minimum absolute atomic E-state index is 0.127. The number of nitrogens with zero attached hydrogens (tertiary/aromatic N) is 2. The molecule has 0 aliphatic heterocycles. The second-order valence-electron chi connectivity index (χ2n) is 3.68. The van der Waals surface area contributed by atoms with Crippen molar-refractivity contribution >= 4 is 10.9 Å². The van der Waals surface area contributed by atoms with Gasteiger partial charge in [-0.25, -0.2) is 4.79 Å². The van der Waals surface area contributed by atoms with Gasteiger partial charge >= 0.3 is 11.9 Å². The molecule has 96 valence electrons. The summed E-state index contributed by atoms with van der Waals surface area (Å²) < 4.78 is 44.3. The number of rotatable bonds is 1. The number of methoxy groups -OCH3 is 1. The van der Waals surface area contributed by atoms with Gasteiger partial charge in [-0.15, -0.1) is 0 Å². The van der Waals surface area contributed by atoms with Gasteiger partial charge in [0.1, 0.15) is 5.75 Å². The number of aromatic nitrogens is 2. The molecule has 0 saturated heterocycles. The Balaban J connectivity index is 2.91. The molecule has 0 amide bonds. The summed E-state index contributed by atoms with van der Waals surface area (Å²) in [6, 6.07) is 4.00. The highest BCUT2D eigenvalue weighted by Gasteiger charge is 2.35. The van der Waals surface area contributed by atoms with E-state index in [0.29, 0.717) is 5.75 Å². The van der Waals surface area contributed by atoms with Gasteiger partial charge in [0.25, 0.3) is 0 Å². The van der Waals surface area contributed by atoms with Crippen LogP contribution in [0, 0.1) is 0 Å². The van der Waals surface area contributed by atoms with E-state index in [4.69, 9.17) is 4.74 Å². The van der Waals surface area contributed by atoms with Crippen molar-refractivity contribution in [2.24, 2.45) is 7.05 Å². The second kappa shape index (κ2) is 4.01. The fourth-order valence-corrected chi connectivity index (χ4v) is 1.67. The Morgan fingerprint density at radius 1 is 1.33 bits per heavy atom. The maximum absolute atomic E-state index is 12.8. The maximum atomic E-state index is 12.8. The Kier molecular flexibility index (Phi) is 2.76. The first-order valence-corrected chi connectivity index (χ1v) is 4.96. The van der Waals surface area contributed by atoms with Crippen LogP contribution in [0.3, 0.4) is 0 Å². The smallest absolute Gasteiger partial charge is 0.434 e. The van der Waals surface area contributed by atoms with Crippen molar-refractivity contribution in [1.29, 1.82) is 0 Å². The molecule has 0 radical (unpaired) electrons. The lowest BCUT2D eigenvalue weighted by Crippen LogP contribution is -2.25. The van der Waals surface area contributed by atoms with Crippen LogP contribution in [0.1, 0.15) is 5.69 Å². The fourth-order valence-electron chi connectivity index (χ4n) is 1.67. The van der Waals surface area contributed by atoms with Gasteiger partial charge in [-0.05, 0) is 12.1 Å². The Labute approximate surface area is 99.6 Å². The third kappa shape index (κ3) is 1.92. The van der Waals surface area contributed by atoms with E-state index in [1.807, 2.05) is 0 Å². The lowest BCUT2D eigenvalue weighted by Gasteiger charge is -2.12. The van der Waals surface area contributed by atoms with E-state index in [1.54, 1.807) is 0 Å². The molecule has 4 nitrogen and oxygen atoms in total. The molecule has 1 heterocycles. The van der Waals surface area contributed by atoms with Gasteiger partial charge in [-0.3, -0.25) is 4.57 Å². The second-order valence-corrected chi connectivity index (χ2v) is 3.68. The third-order valence-corrected chi connectivity index (χ3v) is 2.58. The largest absolute Gasteiger partial charge is 0.497 e. The first-order chi connectivity index (χ1) is 8.34. The number of aryl methyl sites for hydroxylation is 1. The predicted molar refractivity (Wildman–Crippen MR) is 58.5 cm³/mol. The van der Waals surface area contributed by atoms with Crippen LogP contribution >= 0.6 is 0 Å². The molecule has 0 fully saturated rings. The lowest BCUT2D eigenvalue weighted by atomic mass is 10.1. The third-order valence-electron chi connectivity index (χ3n) is 2.58. The lowest BCUT2D eigenvalue weighted by molar-refractivity contribution is -0.140. The first-order valence-electron chi connectivity index (χ1n) is 4.96. The Bertz CT molecular complexity index is 662. The number of hydrogen-bond donors (Lipinski definition) is 0. The number of fused-ring (bicyclic) bond motifs is 1. The summed E-state index contributed by atoms with van der Waals surface area (Å²) in [5.74, 6) is 0.372. The molecular weight excluding hydrogens is 249 g/mol. The SMILES string of the molecule is COc1ccc2c(C(F)(F)F)nc(=O)n(C)c2c1. The van der Waals surface area contributed by atoms with Gasteiger partial charge in [0.2, 0.25) is 0 Å². The van der Waals surface area contributed by atoms with Gasteiger partial charge in [0.15, 0.2) is 5.69 Å². The number of alkyl halides is 3. The van der Waals surface area contributed by atoms with E-state index in [9.17, 15) is 18.0 Å². The summed E-state index contributed by atoms with van der Waals surface area (Å²) in [6.45, 7) is 0. The van der Waals surface area contributed by atoms with Gasteiger partial charge in [0, 0.05) is 18.5 Å². The molecule has 0 saturated carbocycles. The first kappa shape index (κ1) is 12.4. The standard InChI is InChI=1S/C11H9F3N2O2/c1-16-8-5-6(18-2)3-4-7(8)9(11(12,13)14)15-10(16)17/h3-5H,1-2H3. The Hall–Kier alpha value is -2.05. The minimum atomic E-state index is -4.67. The van der Waals surface area contributed by atoms with E-state index in [2.05, 4.69) is 4.98 Å². The van der Waals surface area contributed by atoms with Crippen LogP contribution in [-0.2, 0) is 13.2 Å². The molecule has 7 heteroatoms. The summed E-state index contributed by atoms with van der Waals surface area (Å²) in [6.07, 6.45) is -4.67. The summed E-state index contributed by atoms with van der Waals surface area (Å²) in [7, 11) is 2.75. The molecule has 0 unspecified atom stereocenters. The van der Waals surface area contributed by atoms with Gasteiger partial charge < -0.3 is 4.74 Å². The Morgan fingerprint density at radius 3 is 2.56 bits per heavy atom. The Morgan fingerprint density at radius 2 is 2.00 bits per heavy atom. The topological polar surface area (TPSA) is 44.1 Å². The zero-order chi connectivity index (χ0) is 13.5. The van der Waals surface area contributed by atoms with Crippen molar-refractivity contribution in [3.05, 3.63) is 34.4 Å². The summed E-state index contributed by atoms with van der Waals surface area (Å²) in [5, 5.41) is -0.134. The van der Waals surface area contributed by atoms with E-state index >= 15 is 0 Å². The van der Waals surface area contributed by atoms with Crippen LogP contribution in [0.2, 0.25) is 0 Å². The predicted octanol–water partition coefficient (Wildman–Crippen LogP) is 1.96. The quantitative estimate of drug-likeness (QED) is 0.785. The molecule has 0 N–H and O–H groups in total. The van der Waals surface area contributed by atoms with E-state index in [1.165, 1.54) is 32.4 Å². The van der Waals surface area contributed by atoms with Crippen molar-refractivity contribution < 1.29 is 17.9 Å². The monoisotopic (exact) mass is 258 g/mol. The molecule has 0 atom stereocenters. The fraction of sp³-hybridized carbons (Fsp3) is 0.273. The number of halogens is 3. The molecule has 18 heavy (non-hydrogen) atoms. The molecule has 0 spiro atoms. The zero-order valence-electron chi connectivity index (χ0n) is 9.58. The van der Waals surface area contributed by atoms with Gasteiger partial charge in [0.05, 0.1) is 12.6 Å². The van der Waals surface area contributed by atoms with Crippen molar-refractivity contribution in [2.75, 3.05) is 7.11 Å². The average molecular weight is 258 g/mol. The number of ether oxygens (including phenoxy) is 1. The molecule has 1 aromatic heterocycles. The van der Waals surface area contributed by atoms with Crippen LogP contribution in [0.25, 0.3) is 10.9 Å². The van der Waals surface area contributed by atoms with E-state index in [-0.39, 0.29) is 10.9 Å². The van der Waals surface area contributed by atoms with E-state index in [0.717, 1.165) is 4.57 Å². The van der Waals surface area contributed by atoms with Crippen molar-refractivity contribution in [2.45, 2.75) is 6.18 Å². The molecule has 0 aliphatic carbocycles. The molecule has 0 aliphatic rings. The highest BCUT2D eigenvalue weighted by molar-refractivity contribution is 5.83. The number of benzene rings is 1. The zero-order valence-corrected chi connectivity index (χ0v) is 9.58. The highest BCUT2D eigenvalue weighted by atomic mass is 19.4. The minimum Gasteiger partial charge on any atom is -0.497 e.